The number of benzene rings is 1. The largest absolute Gasteiger partial charge is 0.365 e. The highest BCUT2D eigenvalue weighted by Gasteiger charge is 2.63. The summed E-state index contributed by atoms with van der Waals surface area (Å²) in [4.78, 5) is 10.9. The topological polar surface area (TPSA) is 52.4 Å². The average Bonchev–Trinajstić information content (AvgIpc) is 2.67. The Morgan fingerprint density at radius 2 is 1.68 bits per heavy atom. The van der Waals surface area contributed by atoms with E-state index in [4.69, 9.17) is 4.74 Å². The van der Waals surface area contributed by atoms with Crippen LogP contribution in [0.15, 0.2) is 54.3 Å². The van der Waals surface area contributed by atoms with Crippen LogP contribution < -0.4 is 0 Å². The molecule has 0 amide bonds. The summed E-state index contributed by atoms with van der Waals surface area (Å²) >= 11 is 0. The Bertz CT molecular complexity index is 798. The Morgan fingerprint density at radius 3 is 2.25 bits per heavy atom. The second-order valence-electron chi connectivity index (χ2n) is 9.37. The maximum Gasteiger partial charge on any atom is 0.267 e. The average molecular weight is 383 g/mol. The van der Waals surface area contributed by atoms with Gasteiger partial charge in [-0.15, -0.1) is 0 Å². The van der Waals surface area contributed by atoms with Gasteiger partial charge in [-0.3, -0.25) is 10.1 Å². The number of rotatable bonds is 5. The van der Waals surface area contributed by atoms with Crippen molar-refractivity contribution in [1.29, 1.82) is 0 Å². The van der Waals surface area contributed by atoms with Gasteiger partial charge in [-0.05, 0) is 67.9 Å². The number of allylic oxidation sites excluding steroid dienone is 1. The maximum atomic E-state index is 16.8. The number of alkyl halides is 1. The first-order valence-corrected chi connectivity index (χ1v) is 10.4. The minimum absolute atomic E-state index is 0.0731. The Morgan fingerprint density at radius 1 is 1.07 bits per heavy atom. The van der Waals surface area contributed by atoms with E-state index in [2.05, 4.69) is 0 Å². The summed E-state index contributed by atoms with van der Waals surface area (Å²) < 4.78 is 22.9. The van der Waals surface area contributed by atoms with Crippen LogP contribution in [0.1, 0.15) is 44.1 Å². The van der Waals surface area contributed by atoms with Crippen LogP contribution in [-0.4, -0.2) is 16.7 Å². The van der Waals surface area contributed by atoms with Gasteiger partial charge in [-0.25, -0.2) is 4.39 Å². The number of nitro groups is 1. The van der Waals surface area contributed by atoms with E-state index < -0.39 is 22.1 Å². The highest BCUT2D eigenvalue weighted by molar-refractivity contribution is 5.32. The molecule has 0 aromatic heterocycles. The predicted molar refractivity (Wildman–Crippen MR) is 104 cm³/mol. The summed E-state index contributed by atoms with van der Waals surface area (Å²) in [7, 11) is 0. The quantitative estimate of drug-likeness (QED) is 0.517. The Kier molecular flexibility index (Phi) is 4.20. The third-order valence-electron chi connectivity index (χ3n) is 7.57. The van der Waals surface area contributed by atoms with Gasteiger partial charge >= 0.3 is 0 Å². The minimum Gasteiger partial charge on any atom is -0.365 e. The summed E-state index contributed by atoms with van der Waals surface area (Å²) in [6.45, 7) is 0.249. The lowest BCUT2D eigenvalue weighted by molar-refractivity contribution is -0.420. The van der Waals surface area contributed by atoms with Crippen LogP contribution in [0.5, 0.6) is 0 Å². The van der Waals surface area contributed by atoms with E-state index in [0.29, 0.717) is 17.8 Å². The van der Waals surface area contributed by atoms with Crippen molar-refractivity contribution in [3.05, 3.63) is 69.9 Å². The van der Waals surface area contributed by atoms with Gasteiger partial charge in [0.05, 0.1) is 11.5 Å². The van der Waals surface area contributed by atoms with Crippen molar-refractivity contribution in [3.63, 3.8) is 0 Å². The molecule has 0 spiro atoms. The predicted octanol–water partition coefficient (Wildman–Crippen LogP) is 5.23. The SMILES string of the molecule is O=[N+]([O-])C1=CC(OCc2ccccc2)C(F)(C23CC4CC(CC(C4)C2)C3)C=C1. The molecule has 0 radical (unpaired) electrons. The van der Waals surface area contributed by atoms with E-state index >= 15 is 4.39 Å². The van der Waals surface area contributed by atoms with E-state index in [1.165, 1.54) is 37.5 Å². The number of hydrogen-bond donors (Lipinski definition) is 0. The lowest BCUT2D eigenvalue weighted by Gasteiger charge is -2.61. The monoisotopic (exact) mass is 383 g/mol. The summed E-state index contributed by atoms with van der Waals surface area (Å²) in [6.07, 6.45) is 9.64. The molecular formula is C23H26FNO3. The fourth-order valence-electron chi connectivity index (χ4n) is 6.74. The molecule has 5 heteroatoms. The van der Waals surface area contributed by atoms with Gasteiger partial charge in [0.1, 0.15) is 6.10 Å². The summed E-state index contributed by atoms with van der Waals surface area (Å²) in [5.74, 6) is 1.80. The highest BCUT2D eigenvalue weighted by atomic mass is 19.1. The summed E-state index contributed by atoms with van der Waals surface area (Å²) in [6, 6.07) is 9.62. The molecule has 4 saturated carbocycles. The molecule has 148 valence electrons. The van der Waals surface area contributed by atoms with Crippen LogP contribution in [0.2, 0.25) is 0 Å². The van der Waals surface area contributed by atoms with E-state index in [9.17, 15) is 10.1 Å². The fraction of sp³-hybridized carbons (Fsp3) is 0.565. The number of ether oxygens (including phenoxy) is 1. The summed E-state index contributed by atoms with van der Waals surface area (Å²) in [5, 5.41) is 11.3. The Balaban J connectivity index is 1.47. The normalized spacial score (nSPS) is 41.1. The zero-order valence-corrected chi connectivity index (χ0v) is 15.9. The van der Waals surface area contributed by atoms with E-state index in [0.717, 1.165) is 24.8 Å². The van der Waals surface area contributed by atoms with Crippen molar-refractivity contribution in [2.45, 2.75) is 56.9 Å². The molecule has 1 aromatic rings. The third kappa shape index (κ3) is 2.83. The molecule has 2 atom stereocenters. The number of halogens is 1. The molecule has 5 aliphatic rings. The molecule has 0 aliphatic heterocycles. The van der Waals surface area contributed by atoms with Crippen LogP contribution in [0, 0.1) is 33.3 Å². The number of hydrogen-bond acceptors (Lipinski definition) is 3. The van der Waals surface area contributed by atoms with Crippen LogP contribution in [0.3, 0.4) is 0 Å². The third-order valence-corrected chi connectivity index (χ3v) is 7.57. The molecule has 4 nitrogen and oxygen atoms in total. The molecule has 0 heterocycles. The van der Waals surface area contributed by atoms with Crippen molar-refractivity contribution >= 4 is 0 Å². The van der Waals surface area contributed by atoms with Crippen molar-refractivity contribution in [1.82, 2.24) is 0 Å². The Hall–Kier alpha value is -2.01. The lowest BCUT2D eigenvalue weighted by atomic mass is 9.45. The van der Waals surface area contributed by atoms with Gasteiger partial charge < -0.3 is 4.74 Å². The minimum atomic E-state index is -1.68. The molecular weight excluding hydrogens is 357 g/mol. The first-order valence-electron chi connectivity index (χ1n) is 10.4. The molecule has 2 unspecified atom stereocenters. The van der Waals surface area contributed by atoms with E-state index in [1.807, 2.05) is 30.3 Å². The molecule has 0 saturated heterocycles. The molecule has 0 N–H and O–H groups in total. The Labute approximate surface area is 164 Å². The van der Waals surface area contributed by atoms with Gasteiger partial charge in [0.2, 0.25) is 0 Å². The van der Waals surface area contributed by atoms with Crippen LogP contribution in [0.4, 0.5) is 4.39 Å². The van der Waals surface area contributed by atoms with Crippen LogP contribution >= 0.6 is 0 Å². The first kappa shape index (κ1) is 18.0. The standard InChI is InChI=1S/C23H26FNO3/c24-23(22-12-17-8-18(13-22)10-19(9-17)14-22)7-6-20(25(26)27)11-21(23)28-15-16-4-2-1-3-5-16/h1-7,11,17-19,21H,8-10,12-15H2. The van der Waals surface area contributed by atoms with Crippen molar-refractivity contribution in [3.8, 4) is 0 Å². The number of nitrogens with zero attached hydrogens (tertiary/aromatic N) is 1. The van der Waals surface area contributed by atoms with Crippen LogP contribution in [-0.2, 0) is 11.3 Å². The fourth-order valence-corrected chi connectivity index (χ4v) is 6.74. The molecule has 4 bridgehead atoms. The van der Waals surface area contributed by atoms with Gasteiger partial charge in [0.25, 0.3) is 5.70 Å². The molecule has 28 heavy (non-hydrogen) atoms. The van der Waals surface area contributed by atoms with E-state index in [-0.39, 0.29) is 12.3 Å². The molecule has 6 rings (SSSR count). The second-order valence-corrected chi connectivity index (χ2v) is 9.37. The maximum absolute atomic E-state index is 16.8. The van der Waals surface area contributed by atoms with Gasteiger partial charge in [-0.2, -0.15) is 0 Å². The van der Waals surface area contributed by atoms with Crippen molar-refractivity contribution in [2.24, 2.45) is 23.2 Å². The zero-order chi connectivity index (χ0) is 19.4. The smallest absolute Gasteiger partial charge is 0.267 e. The molecule has 5 aliphatic carbocycles. The van der Waals surface area contributed by atoms with E-state index in [1.54, 1.807) is 0 Å². The van der Waals surface area contributed by atoms with Gasteiger partial charge in [-0.1, -0.05) is 30.3 Å². The molecule has 4 fully saturated rings. The van der Waals surface area contributed by atoms with Crippen molar-refractivity contribution in [2.75, 3.05) is 0 Å². The first-order chi connectivity index (χ1) is 13.5. The second kappa shape index (κ2) is 6.51. The highest BCUT2D eigenvalue weighted by Crippen LogP contribution is 2.66. The zero-order valence-electron chi connectivity index (χ0n) is 15.9. The lowest BCUT2D eigenvalue weighted by Crippen LogP contribution is -2.60. The van der Waals surface area contributed by atoms with Crippen LogP contribution in [0.25, 0.3) is 0 Å². The van der Waals surface area contributed by atoms with Gasteiger partial charge in [0, 0.05) is 17.6 Å². The van der Waals surface area contributed by atoms with Gasteiger partial charge in [0.15, 0.2) is 5.67 Å². The summed E-state index contributed by atoms with van der Waals surface area (Å²) in [5.41, 5.74) is -1.26. The molecule has 1 aromatic carbocycles. The van der Waals surface area contributed by atoms with Crippen molar-refractivity contribution < 1.29 is 14.1 Å².